The number of carbonyl (C=O) groups excluding carboxylic acids is 1. The summed E-state index contributed by atoms with van der Waals surface area (Å²) >= 11 is 1.34. The molecule has 3 rings (SSSR count). The second kappa shape index (κ2) is 9.62. The molecule has 0 aliphatic carbocycles. The molecule has 29 heavy (non-hydrogen) atoms. The van der Waals surface area contributed by atoms with Gasteiger partial charge in [0.1, 0.15) is 6.04 Å². The van der Waals surface area contributed by atoms with E-state index in [9.17, 15) is 9.59 Å². The van der Waals surface area contributed by atoms with E-state index in [0.29, 0.717) is 24.5 Å². The van der Waals surface area contributed by atoms with Crippen molar-refractivity contribution in [2.75, 3.05) is 0 Å². The smallest absolute Gasteiger partial charge is 0.320 e. The highest BCUT2D eigenvalue weighted by molar-refractivity contribution is 7.20. The third-order valence-electron chi connectivity index (χ3n) is 4.57. The summed E-state index contributed by atoms with van der Waals surface area (Å²) in [6.45, 7) is 3.53. The van der Waals surface area contributed by atoms with E-state index in [2.05, 4.69) is 10.6 Å². The van der Waals surface area contributed by atoms with Crippen molar-refractivity contribution in [1.82, 2.24) is 16.1 Å². The predicted octanol–water partition coefficient (Wildman–Crippen LogP) is 2.87. The number of aliphatic carboxylic acids is 1. The van der Waals surface area contributed by atoms with Gasteiger partial charge in [0.05, 0.1) is 4.88 Å². The topological polar surface area (TPSA) is 111 Å². The van der Waals surface area contributed by atoms with Gasteiger partial charge in [-0.15, -0.1) is 11.3 Å². The van der Waals surface area contributed by atoms with E-state index in [4.69, 9.17) is 10.3 Å². The van der Waals surface area contributed by atoms with Crippen LogP contribution >= 0.6 is 11.3 Å². The number of rotatable bonds is 9. The van der Waals surface area contributed by atoms with Gasteiger partial charge in [0.15, 0.2) is 0 Å². The van der Waals surface area contributed by atoms with E-state index in [1.54, 1.807) is 18.5 Å². The Morgan fingerprint density at radius 1 is 0.966 bits per heavy atom. The quantitative estimate of drug-likeness (QED) is 0.273. The van der Waals surface area contributed by atoms with E-state index in [0.717, 1.165) is 26.8 Å². The Balaban J connectivity index is 1.51. The van der Waals surface area contributed by atoms with Crippen molar-refractivity contribution < 1.29 is 19.9 Å². The van der Waals surface area contributed by atoms with Crippen LogP contribution in [0.2, 0.25) is 0 Å². The summed E-state index contributed by atoms with van der Waals surface area (Å²) in [5, 5.41) is 25.0. The molecule has 7 nitrogen and oxygen atoms in total. The van der Waals surface area contributed by atoms with Crippen LogP contribution in [-0.4, -0.2) is 28.2 Å². The minimum Gasteiger partial charge on any atom is -0.480 e. The third-order valence-corrected chi connectivity index (χ3v) is 5.67. The number of benzene rings is 2. The number of carboxylic acid groups (broad SMARTS) is 1. The number of hydrogen-bond donors (Lipinski definition) is 5. The molecule has 0 aliphatic heterocycles. The first-order valence-electron chi connectivity index (χ1n) is 9.18. The Kier molecular flexibility index (Phi) is 6.95. The lowest BCUT2D eigenvalue weighted by Crippen LogP contribution is -2.33. The van der Waals surface area contributed by atoms with Crippen LogP contribution in [0.5, 0.6) is 0 Å². The monoisotopic (exact) mass is 413 g/mol. The van der Waals surface area contributed by atoms with Crippen molar-refractivity contribution in [2.24, 2.45) is 0 Å². The molecule has 0 spiro atoms. The first-order valence-corrected chi connectivity index (χ1v) is 9.99. The lowest BCUT2D eigenvalue weighted by atomic mass is 10.1. The van der Waals surface area contributed by atoms with Crippen molar-refractivity contribution in [1.29, 1.82) is 0 Å². The maximum absolute atomic E-state index is 11.5. The number of hydroxylamine groups is 1. The van der Waals surface area contributed by atoms with Gasteiger partial charge in [-0.3, -0.25) is 14.8 Å². The Labute approximate surface area is 172 Å². The molecule has 0 fully saturated rings. The van der Waals surface area contributed by atoms with Crippen LogP contribution in [0.3, 0.4) is 0 Å². The molecule has 1 atom stereocenters. The number of carboxylic acids is 1. The molecule has 0 saturated heterocycles. The standard InChI is InChI=1S/C21H23N3O4S/c1-13(21(26)27)23-12-15-4-2-14(3-5-15)10-22-11-16-6-7-17-9-19(20(25)24-28)29-18(17)8-16/h2-9,13,22-23,28H,10-12H2,1H3,(H,24,25)(H,26,27)/t13-/m0/s1. The van der Waals surface area contributed by atoms with Gasteiger partial charge in [0, 0.05) is 24.3 Å². The fourth-order valence-corrected chi connectivity index (χ4v) is 3.85. The zero-order valence-corrected chi connectivity index (χ0v) is 16.8. The van der Waals surface area contributed by atoms with Gasteiger partial charge in [-0.05, 0) is 41.1 Å². The van der Waals surface area contributed by atoms with Gasteiger partial charge in [0.2, 0.25) is 0 Å². The molecule has 0 bridgehead atoms. The number of hydrogen-bond acceptors (Lipinski definition) is 6. The molecule has 0 radical (unpaired) electrons. The molecular formula is C21H23N3O4S. The van der Waals surface area contributed by atoms with Gasteiger partial charge in [-0.2, -0.15) is 0 Å². The van der Waals surface area contributed by atoms with Gasteiger partial charge in [0.25, 0.3) is 5.91 Å². The molecule has 1 heterocycles. The summed E-state index contributed by atoms with van der Waals surface area (Å²) in [6, 6.07) is 15.2. The Morgan fingerprint density at radius 3 is 2.24 bits per heavy atom. The van der Waals surface area contributed by atoms with Crippen LogP contribution in [0.25, 0.3) is 10.1 Å². The highest BCUT2D eigenvalue weighted by atomic mass is 32.1. The van der Waals surface area contributed by atoms with E-state index in [-0.39, 0.29) is 0 Å². The number of amides is 1. The van der Waals surface area contributed by atoms with Crippen LogP contribution in [0.4, 0.5) is 0 Å². The van der Waals surface area contributed by atoms with Gasteiger partial charge in [-0.25, -0.2) is 5.48 Å². The molecule has 5 N–H and O–H groups in total. The van der Waals surface area contributed by atoms with Crippen molar-refractivity contribution in [2.45, 2.75) is 32.6 Å². The van der Waals surface area contributed by atoms with Gasteiger partial charge in [-0.1, -0.05) is 36.4 Å². The third kappa shape index (κ3) is 5.61. The Morgan fingerprint density at radius 2 is 1.59 bits per heavy atom. The van der Waals surface area contributed by atoms with E-state index >= 15 is 0 Å². The van der Waals surface area contributed by atoms with Crippen molar-refractivity contribution >= 4 is 33.3 Å². The lowest BCUT2D eigenvalue weighted by molar-refractivity contribution is -0.139. The van der Waals surface area contributed by atoms with E-state index in [1.807, 2.05) is 42.5 Å². The molecule has 0 unspecified atom stereocenters. The van der Waals surface area contributed by atoms with Gasteiger partial charge >= 0.3 is 5.97 Å². The highest BCUT2D eigenvalue weighted by Crippen LogP contribution is 2.26. The minimum absolute atomic E-state index is 0.472. The van der Waals surface area contributed by atoms with E-state index < -0.39 is 17.9 Å². The second-order valence-electron chi connectivity index (χ2n) is 6.78. The maximum atomic E-state index is 11.5. The molecule has 8 heteroatoms. The SMILES string of the molecule is C[C@H](NCc1ccc(CNCc2ccc3cc(C(=O)NO)sc3c2)cc1)C(=O)O. The van der Waals surface area contributed by atoms with Crippen LogP contribution < -0.4 is 16.1 Å². The zero-order chi connectivity index (χ0) is 20.8. The van der Waals surface area contributed by atoms with Crippen molar-refractivity contribution in [3.8, 4) is 0 Å². The summed E-state index contributed by atoms with van der Waals surface area (Å²) in [5.41, 5.74) is 4.94. The number of nitrogens with one attached hydrogen (secondary N) is 3. The van der Waals surface area contributed by atoms with Crippen LogP contribution in [0, 0.1) is 0 Å². The summed E-state index contributed by atoms with van der Waals surface area (Å²) in [6.07, 6.45) is 0. The molecule has 2 aromatic carbocycles. The fraction of sp³-hybridized carbons (Fsp3) is 0.238. The largest absolute Gasteiger partial charge is 0.480 e. The fourth-order valence-electron chi connectivity index (χ4n) is 2.84. The Bertz CT molecular complexity index is 1000. The molecule has 1 aromatic heterocycles. The van der Waals surface area contributed by atoms with Crippen LogP contribution in [0.1, 0.15) is 33.3 Å². The van der Waals surface area contributed by atoms with Crippen molar-refractivity contribution in [3.05, 3.63) is 70.1 Å². The van der Waals surface area contributed by atoms with Gasteiger partial charge < -0.3 is 15.7 Å². The lowest BCUT2D eigenvalue weighted by Gasteiger charge is -2.10. The zero-order valence-electron chi connectivity index (χ0n) is 15.9. The average Bonchev–Trinajstić information content (AvgIpc) is 3.15. The summed E-state index contributed by atoms with van der Waals surface area (Å²) in [5.74, 6) is -1.36. The number of thiophene rings is 1. The van der Waals surface area contributed by atoms with Crippen molar-refractivity contribution in [3.63, 3.8) is 0 Å². The molecule has 3 aromatic rings. The summed E-state index contributed by atoms with van der Waals surface area (Å²) in [7, 11) is 0. The average molecular weight is 413 g/mol. The summed E-state index contributed by atoms with van der Waals surface area (Å²) in [4.78, 5) is 22.8. The maximum Gasteiger partial charge on any atom is 0.320 e. The summed E-state index contributed by atoms with van der Waals surface area (Å²) < 4.78 is 0.996. The molecule has 1 amide bonds. The minimum atomic E-state index is -0.862. The second-order valence-corrected chi connectivity index (χ2v) is 7.87. The Hall–Kier alpha value is -2.78. The highest BCUT2D eigenvalue weighted by Gasteiger charge is 2.10. The van der Waals surface area contributed by atoms with E-state index in [1.165, 1.54) is 11.3 Å². The van der Waals surface area contributed by atoms with Crippen LogP contribution in [0.15, 0.2) is 48.5 Å². The van der Waals surface area contributed by atoms with Crippen LogP contribution in [-0.2, 0) is 24.4 Å². The first-order chi connectivity index (χ1) is 14.0. The first kappa shape index (κ1) is 20.9. The molecular weight excluding hydrogens is 390 g/mol. The normalized spacial score (nSPS) is 12.1. The molecule has 0 saturated carbocycles. The molecule has 0 aliphatic rings. The molecule has 152 valence electrons. The predicted molar refractivity (Wildman–Crippen MR) is 112 cm³/mol. The number of fused-ring (bicyclic) bond motifs is 1. The number of carbonyl (C=O) groups is 2.